The molecule has 4 aromatic rings. The van der Waals surface area contributed by atoms with Gasteiger partial charge in [-0.1, -0.05) is 23.5 Å². The first kappa shape index (κ1) is 24.1. The number of nitrogens with zero attached hydrogens (tertiary/aromatic N) is 2. The summed E-state index contributed by atoms with van der Waals surface area (Å²) in [7, 11) is 1.23. The number of ether oxygens (including phenoxy) is 2. The molecule has 37 heavy (non-hydrogen) atoms. The molecule has 1 aliphatic heterocycles. The van der Waals surface area contributed by atoms with Crippen molar-refractivity contribution in [2.24, 2.45) is 5.73 Å². The number of aromatic nitrogens is 1. The second-order valence-corrected chi connectivity index (χ2v) is 9.10. The molecule has 1 unspecified atom stereocenters. The first-order chi connectivity index (χ1) is 17.7. The SMILES string of the molecule is COC(=O)c1sc(N2C(=O)c3oc4ccc(F)cc4c(=O)c3C2c2ccc(OCC(N)=O)cc2)nc1C. The number of amides is 2. The molecule has 0 bridgehead atoms. The number of carbonyl (C=O) groups excluding carboxylic acids is 3. The average molecular weight is 523 g/mol. The van der Waals surface area contributed by atoms with Crippen LogP contribution in [0.2, 0.25) is 0 Å². The van der Waals surface area contributed by atoms with Crippen molar-refractivity contribution in [3.63, 3.8) is 0 Å². The minimum absolute atomic E-state index is 0.00127. The van der Waals surface area contributed by atoms with Crippen LogP contribution in [0.15, 0.2) is 51.7 Å². The summed E-state index contributed by atoms with van der Waals surface area (Å²) in [5, 5.41) is 0.119. The van der Waals surface area contributed by atoms with E-state index in [4.69, 9.17) is 19.6 Å². The Labute approximate surface area is 212 Å². The lowest BCUT2D eigenvalue weighted by Crippen LogP contribution is -2.29. The summed E-state index contributed by atoms with van der Waals surface area (Å²) in [5.74, 6) is -2.43. The topological polar surface area (TPSA) is 142 Å². The molecule has 0 aliphatic carbocycles. The Balaban J connectivity index is 1.70. The molecular formula is C25H18FN3O7S. The highest BCUT2D eigenvalue weighted by Gasteiger charge is 2.45. The molecule has 0 radical (unpaired) electrons. The molecular weight excluding hydrogens is 505 g/mol. The molecule has 2 amide bonds. The largest absolute Gasteiger partial charge is 0.484 e. The van der Waals surface area contributed by atoms with Gasteiger partial charge >= 0.3 is 5.97 Å². The second-order valence-electron chi connectivity index (χ2n) is 8.12. The van der Waals surface area contributed by atoms with Gasteiger partial charge < -0.3 is 19.6 Å². The molecule has 0 saturated heterocycles. The van der Waals surface area contributed by atoms with Crippen molar-refractivity contribution < 1.29 is 32.7 Å². The number of fused-ring (bicyclic) bond motifs is 2. The van der Waals surface area contributed by atoms with E-state index in [-0.39, 0.29) is 38.9 Å². The van der Waals surface area contributed by atoms with E-state index in [1.54, 1.807) is 31.2 Å². The van der Waals surface area contributed by atoms with Gasteiger partial charge in [0, 0.05) is 0 Å². The molecule has 10 nitrogen and oxygen atoms in total. The Morgan fingerprint density at radius 2 is 1.92 bits per heavy atom. The molecule has 2 aromatic heterocycles. The maximum atomic E-state index is 14.0. The van der Waals surface area contributed by atoms with Gasteiger partial charge in [-0.2, -0.15) is 0 Å². The van der Waals surface area contributed by atoms with Crippen LogP contribution in [0.25, 0.3) is 11.0 Å². The van der Waals surface area contributed by atoms with E-state index < -0.39 is 35.1 Å². The number of rotatable bonds is 6. The molecule has 0 saturated carbocycles. The monoisotopic (exact) mass is 523 g/mol. The number of methoxy groups -OCH3 is 1. The first-order valence-electron chi connectivity index (χ1n) is 10.9. The molecule has 1 aliphatic rings. The summed E-state index contributed by atoms with van der Waals surface area (Å²) >= 11 is 0.929. The zero-order chi connectivity index (χ0) is 26.4. The highest BCUT2D eigenvalue weighted by Crippen LogP contribution is 2.43. The van der Waals surface area contributed by atoms with Crippen LogP contribution in [-0.2, 0) is 9.53 Å². The van der Waals surface area contributed by atoms with Gasteiger partial charge in [-0.05, 0) is 42.8 Å². The Hall–Kier alpha value is -4.58. The van der Waals surface area contributed by atoms with Crippen molar-refractivity contribution >= 4 is 45.2 Å². The van der Waals surface area contributed by atoms with Crippen molar-refractivity contribution in [3.05, 3.63) is 86.0 Å². The van der Waals surface area contributed by atoms with E-state index in [9.17, 15) is 23.6 Å². The van der Waals surface area contributed by atoms with E-state index in [0.717, 1.165) is 23.5 Å². The third kappa shape index (κ3) is 4.10. The predicted molar refractivity (Wildman–Crippen MR) is 130 cm³/mol. The van der Waals surface area contributed by atoms with Gasteiger partial charge in [-0.25, -0.2) is 14.2 Å². The van der Waals surface area contributed by atoms with Crippen LogP contribution in [0, 0.1) is 12.7 Å². The lowest BCUT2D eigenvalue weighted by Gasteiger charge is -2.22. The average Bonchev–Trinajstić information content (AvgIpc) is 3.40. The van der Waals surface area contributed by atoms with Crippen molar-refractivity contribution in [2.45, 2.75) is 13.0 Å². The fraction of sp³-hybridized carbons (Fsp3) is 0.160. The molecule has 0 spiro atoms. The van der Waals surface area contributed by atoms with Crippen LogP contribution in [-0.4, -0.2) is 36.5 Å². The number of nitrogens with two attached hydrogens (primary N) is 1. The maximum absolute atomic E-state index is 14.0. The lowest BCUT2D eigenvalue weighted by atomic mass is 9.98. The van der Waals surface area contributed by atoms with E-state index in [0.29, 0.717) is 17.0 Å². The summed E-state index contributed by atoms with van der Waals surface area (Å²) in [4.78, 5) is 56.3. The molecule has 1 atom stereocenters. The minimum atomic E-state index is -1.01. The van der Waals surface area contributed by atoms with E-state index in [2.05, 4.69) is 4.98 Å². The van der Waals surface area contributed by atoms with Crippen molar-refractivity contribution in [1.29, 1.82) is 0 Å². The highest BCUT2D eigenvalue weighted by atomic mass is 32.1. The summed E-state index contributed by atoms with van der Waals surface area (Å²) in [6.07, 6.45) is 0. The zero-order valence-electron chi connectivity index (χ0n) is 19.4. The molecule has 2 N–H and O–H groups in total. The molecule has 5 rings (SSSR count). The van der Waals surface area contributed by atoms with Crippen LogP contribution < -0.4 is 20.8 Å². The van der Waals surface area contributed by atoms with Crippen LogP contribution >= 0.6 is 11.3 Å². The van der Waals surface area contributed by atoms with Gasteiger partial charge in [-0.15, -0.1) is 0 Å². The van der Waals surface area contributed by atoms with Gasteiger partial charge in [0.15, 0.2) is 17.2 Å². The zero-order valence-corrected chi connectivity index (χ0v) is 20.3. The fourth-order valence-electron chi connectivity index (χ4n) is 4.13. The summed E-state index contributed by atoms with van der Waals surface area (Å²) in [6.45, 7) is 1.27. The number of esters is 1. The Bertz CT molecular complexity index is 1640. The van der Waals surface area contributed by atoms with Crippen LogP contribution in [0.4, 0.5) is 9.52 Å². The van der Waals surface area contributed by atoms with Gasteiger partial charge in [0.05, 0.1) is 29.8 Å². The third-order valence-corrected chi connectivity index (χ3v) is 6.91. The third-order valence-electron chi connectivity index (χ3n) is 5.77. The normalized spacial score (nSPS) is 14.6. The quantitative estimate of drug-likeness (QED) is 0.380. The predicted octanol–water partition coefficient (Wildman–Crippen LogP) is 3.10. The first-order valence-corrected chi connectivity index (χ1v) is 11.7. The number of primary amides is 1. The summed E-state index contributed by atoms with van der Waals surface area (Å²) in [5.41, 5.74) is 5.42. The standard InChI is InChI=1S/C25H18FN3O7S/c1-11-22(24(33)34-2)37-25(28-11)29-19(12-3-6-14(7-4-12)35-10-17(27)30)18-20(31)15-9-13(26)5-8-16(15)36-21(18)23(29)32/h3-9,19H,10H2,1-2H3,(H2,27,30). The number of anilines is 1. The molecule has 12 heteroatoms. The van der Waals surface area contributed by atoms with Gasteiger partial charge in [0.1, 0.15) is 22.0 Å². The van der Waals surface area contributed by atoms with E-state index >= 15 is 0 Å². The van der Waals surface area contributed by atoms with Crippen molar-refractivity contribution in [1.82, 2.24) is 4.98 Å². The number of carbonyl (C=O) groups is 3. The van der Waals surface area contributed by atoms with Gasteiger partial charge in [0.2, 0.25) is 5.76 Å². The van der Waals surface area contributed by atoms with Gasteiger partial charge in [-0.3, -0.25) is 19.3 Å². The van der Waals surface area contributed by atoms with Gasteiger partial charge in [0.25, 0.3) is 11.8 Å². The Kier molecular flexibility index (Phi) is 5.96. The van der Waals surface area contributed by atoms with Crippen LogP contribution in [0.3, 0.4) is 0 Å². The number of aryl methyl sites for hydroxylation is 1. The van der Waals surface area contributed by atoms with Crippen molar-refractivity contribution in [3.8, 4) is 5.75 Å². The Morgan fingerprint density at radius 1 is 1.19 bits per heavy atom. The number of hydrogen-bond donors (Lipinski definition) is 1. The number of benzene rings is 2. The van der Waals surface area contributed by atoms with E-state index in [1.807, 2.05) is 0 Å². The summed E-state index contributed by atoms with van der Waals surface area (Å²) in [6, 6.07) is 8.76. The maximum Gasteiger partial charge on any atom is 0.350 e. The fourth-order valence-corrected chi connectivity index (χ4v) is 5.14. The number of halogens is 1. The van der Waals surface area contributed by atoms with Crippen molar-refractivity contribution in [2.75, 3.05) is 18.6 Å². The highest BCUT2D eigenvalue weighted by molar-refractivity contribution is 7.17. The Morgan fingerprint density at radius 3 is 2.59 bits per heavy atom. The van der Waals surface area contributed by atoms with E-state index in [1.165, 1.54) is 18.1 Å². The van der Waals surface area contributed by atoms with Crippen LogP contribution in [0.5, 0.6) is 5.75 Å². The molecule has 3 heterocycles. The van der Waals surface area contributed by atoms with Crippen LogP contribution in [0.1, 0.15) is 43.1 Å². The molecule has 0 fully saturated rings. The molecule has 2 aromatic carbocycles. The number of hydrogen-bond acceptors (Lipinski definition) is 9. The summed E-state index contributed by atoms with van der Waals surface area (Å²) < 4.78 is 29.9. The lowest BCUT2D eigenvalue weighted by molar-refractivity contribution is -0.119. The smallest absolute Gasteiger partial charge is 0.350 e. The molecule has 188 valence electrons. The minimum Gasteiger partial charge on any atom is -0.484 e. The second kappa shape index (κ2) is 9.13. The number of thiazole rings is 1.